The third-order valence-corrected chi connectivity index (χ3v) is 2.51. The second-order valence-corrected chi connectivity index (χ2v) is 4.23. The lowest BCUT2D eigenvalue weighted by molar-refractivity contribution is -0.143. The molecule has 0 saturated carbocycles. The fourth-order valence-electron chi connectivity index (χ4n) is 1.29. The molecule has 1 aromatic rings. The van der Waals surface area contributed by atoms with Gasteiger partial charge in [0.2, 0.25) is 0 Å². The molecule has 1 aromatic carbocycles. The Bertz CT molecular complexity index is 386. The topological polar surface area (TPSA) is 81.8 Å². The fourth-order valence-corrected chi connectivity index (χ4v) is 1.29. The molecule has 0 aromatic heterocycles. The Kier molecular flexibility index (Phi) is 4.97. The molecule has 0 bridgehead atoms. The summed E-state index contributed by atoms with van der Waals surface area (Å²) in [5.41, 5.74) is 4.33. The molecule has 0 spiro atoms. The zero-order valence-corrected chi connectivity index (χ0v) is 10.7. The first-order valence-electron chi connectivity index (χ1n) is 5.83. The van der Waals surface area contributed by atoms with Gasteiger partial charge in [0.05, 0.1) is 13.2 Å². The van der Waals surface area contributed by atoms with Gasteiger partial charge < -0.3 is 20.3 Å². The molecule has 0 aliphatic rings. The zero-order valence-electron chi connectivity index (χ0n) is 10.7. The summed E-state index contributed by atoms with van der Waals surface area (Å²) in [5.74, 6) is 0.413. The third-order valence-electron chi connectivity index (χ3n) is 2.51. The number of ether oxygens (including phenoxy) is 2. The van der Waals surface area contributed by atoms with Crippen LogP contribution in [0.5, 0.6) is 11.5 Å². The number of carboxylic acids is 1. The van der Waals surface area contributed by atoms with Crippen LogP contribution in [0, 0.1) is 0 Å². The molecule has 3 N–H and O–H groups in total. The van der Waals surface area contributed by atoms with Crippen LogP contribution in [0.4, 0.5) is 0 Å². The van der Waals surface area contributed by atoms with Gasteiger partial charge in [-0.1, -0.05) is 0 Å². The molecule has 0 heterocycles. The van der Waals surface area contributed by atoms with Crippen LogP contribution >= 0.6 is 0 Å². The maximum absolute atomic E-state index is 10.8. The Balaban J connectivity index is 2.42. The van der Waals surface area contributed by atoms with Crippen LogP contribution in [0.3, 0.4) is 0 Å². The molecule has 100 valence electrons. The van der Waals surface area contributed by atoms with Crippen molar-refractivity contribution in [3.05, 3.63) is 24.3 Å². The van der Waals surface area contributed by atoms with Crippen molar-refractivity contribution in [3.8, 4) is 11.5 Å². The minimum absolute atomic E-state index is 0.246. The van der Waals surface area contributed by atoms with Crippen molar-refractivity contribution in [3.63, 3.8) is 0 Å². The van der Waals surface area contributed by atoms with Crippen LogP contribution in [-0.4, -0.2) is 29.8 Å². The van der Waals surface area contributed by atoms with Gasteiger partial charge in [0.25, 0.3) is 0 Å². The summed E-state index contributed by atoms with van der Waals surface area (Å²) in [4.78, 5) is 10.8. The molecule has 18 heavy (non-hydrogen) atoms. The lowest BCUT2D eigenvalue weighted by atomic mass is 10.0. The highest BCUT2D eigenvalue weighted by molar-refractivity contribution is 5.77. The Hall–Kier alpha value is -1.75. The quantitative estimate of drug-likeness (QED) is 0.772. The van der Waals surface area contributed by atoms with Crippen LogP contribution in [0.1, 0.15) is 20.3 Å². The molecule has 0 amide bonds. The van der Waals surface area contributed by atoms with Gasteiger partial charge in [0.1, 0.15) is 17.0 Å². The normalized spacial score (nSPS) is 13.7. The van der Waals surface area contributed by atoms with E-state index in [0.29, 0.717) is 12.4 Å². The maximum Gasteiger partial charge on any atom is 0.323 e. The Morgan fingerprint density at radius 3 is 2.22 bits per heavy atom. The van der Waals surface area contributed by atoms with E-state index in [1.807, 2.05) is 6.92 Å². The second kappa shape index (κ2) is 6.26. The van der Waals surface area contributed by atoms with E-state index in [1.54, 1.807) is 24.3 Å². The van der Waals surface area contributed by atoms with Gasteiger partial charge >= 0.3 is 5.97 Å². The van der Waals surface area contributed by atoms with Crippen molar-refractivity contribution in [1.82, 2.24) is 0 Å². The number of aliphatic carboxylic acids is 1. The van der Waals surface area contributed by atoms with E-state index in [4.69, 9.17) is 20.3 Å². The van der Waals surface area contributed by atoms with E-state index in [-0.39, 0.29) is 13.0 Å². The SMILES string of the molecule is CCOc1ccc(OCCC(C)(N)C(=O)O)cc1. The summed E-state index contributed by atoms with van der Waals surface area (Å²) < 4.78 is 10.7. The van der Waals surface area contributed by atoms with Gasteiger partial charge in [0.15, 0.2) is 0 Å². The minimum atomic E-state index is -1.26. The van der Waals surface area contributed by atoms with Crippen molar-refractivity contribution >= 4 is 5.97 Å². The monoisotopic (exact) mass is 253 g/mol. The average molecular weight is 253 g/mol. The van der Waals surface area contributed by atoms with Crippen molar-refractivity contribution in [1.29, 1.82) is 0 Å². The molecule has 0 fully saturated rings. The maximum atomic E-state index is 10.8. The molecule has 5 nitrogen and oxygen atoms in total. The van der Waals surface area contributed by atoms with Gasteiger partial charge in [-0.2, -0.15) is 0 Å². The summed E-state index contributed by atoms with van der Waals surface area (Å²) in [6.45, 7) is 4.26. The third kappa shape index (κ3) is 4.25. The molecule has 1 atom stereocenters. The van der Waals surface area contributed by atoms with E-state index in [2.05, 4.69) is 0 Å². The van der Waals surface area contributed by atoms with E-state index < -0.39 is 11.5 Å². The largest absolute Gasteiger partial charge is 0.494 e. The van der Waals surface area contributed by atoms with Crippen molar-refractivity contribution in [2.45, 2.75) is 25.8 Å². The lowest BCUT2D eigenvalue weighted by Gasteiger charge is -2.19. The highest BCUT2D eigenvalue weighted by Crippen LogP contribution is 2.18. The highest BCUT2D eigenvalue weighted by atomic mass is 16.5. The van der Waals surface area contributed by atoms with Crippen LogP contribution in [-0.2, 0) is 4.79 Å². The van der Waals surface area contributed by atoms with Crippen molar-refractivity contribution < 1.29 is 19.4 Å². The standard InChI is InChI=1S/C13H19NO4/c1-3-17-10-4-6-11(7-5-10)18-9-8-13(2,14)12(15)16/h4-7H,3,8-9,14H2,1-2H3,(H,15,16). The molecule has 0 aliphatic carbocycles. The van der Waals surface area contributed by atoms with Crippen LogP contribution in [0.15, 0.2) is 24.3 Å². The van der Waals surface area contributed by atoms with Gasteiger partial charge in [0, 0.05) is 6.42 Å². The predicted octanol–water partition coefficient (Wildman–Crippen LogP) is 1.66. The molecule has 1 rings (SSSR count). The number of hydrogen-bond donors (Lipinski definition) is 2. The molecule has 1 unspecified atom stereocenters. The van der Waals surface area contributed by atoms with E-state index >= 15 is 0 Å². The molecular formula is C13H19NO4. The molecule has 0 saturated heterocycles. The lowest BCUT2D eigenvalue weighted by Crippen LogP contribution is -2.45. The summed E-state index contributed by atoms with van der Waals surface area (Å²) in [7, 11) is 0. The number of benzene rings is 1. The first-order valence-corrected chi connectivity index (χ1v) is 5.83. The minimum Gasteiger partial charge on any atom is -0.494 e. The van der Waals surface area contributed by atoms with E-state index in [9.17, 15) is 4.79 Å². The number of hydrogen-bond acceptors (Lipinski definition) is 4. The van der Waals surface area contributed by atoms with Gasteiger partial charge in [-0.3, -0.25) is 4.79 Å². The Morgan fingerprint density at radius 2 is 1.78 bits per heavy atom. The molecule has 0 radical (unpaired) electrons. The molecule has 5 heteroatoms. The first kappa shape index (κ1) is 14.3. The fraction of sp³-hybridized carbons (Fsp3) is 0.462. The second-order valence-electron chi connectivity index (χ2n) is 4.23. The van der Waals surface area contributed by atoms with E-state index in [0.717, 1.165) is 5.75 Å². The van der Waals surface area contributed by atoms with Gasteiger partial charge in [-0.15, -0.1) is 0 Å². The summed E-state index contributed by atoms with van der Waals surface area (Å²) >= 11 is 0. The van der Waals surface area contributed by atoms with Crippen LogP contribution < -0.4 is 15.2 Å². The smallest absolute Gasteiger partial charge is 0.323 e. The van der Waals surface area contributed by atoms with Crippen LogP contribution in [0.2, 0.25) is 0 Å². The average Bonchev–Trinajstić information content (AvgIpc) is 2.31. The first-order chi connectivity index (χ1) is 8.45. The number of carbonyl (C=O) groups is 1. The molecular weight excluding hydrogens is 234 g/mol. The van der Waals surface area contributed by atoms with Gasteiger partial charge in [-0.25, -0.2) is 0 Å². The number of carboxylic acid groups (broad SMARTS) is 1. The van der Waals surface area contributed by atoms with Crippen molar-refractivity contribution in [2.75, 3.05) is 13.2 Å². The molecule has 0 aliphatic heterocycles. The number of nitrogens with two attached hydrogens (primary N) is 1. The van der Waals surface area contributed by atoms with Crippen molar-refractivity contribution in [2.24, 2.45) is 5.73 Å². The zero-order chi connectivity index (χ0) is 13.6. The van der Waals surface area contributed by atoms with E-state index in [1.165, 1.54) is 6.92 Å². The van der Waals surface area contributed by atoms with Gasteiger partial charge in [-0.05, 0) is 38.1 Å². The number of rotatable bonds is 7. The Labute approximate surface area is 107 Å². The predicted molar refractivity (Wildman–Crippen MR) is 68.0 cm³/mol. The highest BCUT2D eigenvalue weighted by Gasteiger charge is 2.27. The summed E-state index contributed by atoms with van der Waals surface area (Å²) in [6.07, 6.45) is 0.246. The summed E-state index contributed by atoms with van der Waals surface area (Å²) in [6, 6.07) is 7.16. The Morgan fingerprint density at radius 1 is 1.28 bits per heavy atom. The summed E-state index contributed by atoms with van der Waals surface area (Å²) in [5, 5.41) is 8.84. The van der Waals surface area contributed by atoms with Crippen LogP contribution in [0.25, 0.3) is 0 Å².